The second kappa shape index (κ2) is 3.85. The zero-order chi connectivity index (χ0) is 11.8. The summed E-state index contributed by atoms with van der Waals surface area (Å²) >= 11 is 0. The predicted octanol–water partition coefficient (Wildman–Crippen LogP) is 0.656. The summed E-state index contributed by atoms with van der Waals surface area (Å²) in [6.07, 6.45) is 1.48. The Balaban J connectivity index is 1.90. The Bertz CT molecular complexity index is 564. The first kappa shape index (κ1) is 10.3. The standard InChI is InChI=1S/C12H13N3O2/c16-9-4-12(17)15(7-9)6-8-2-1-3-11-10(8)5-13-14-11/h1-3,5,9,16H,4,6-7H2,(H,13,14). The zero-order valence-corrected chi connectivity index (χ0v) is 9.26. The van der Waals surface area contributed by atoms with Gasteiger partial charge in [0.15, 0.2) is 0 Å². The summed E-state index contributed by atoms with van der Waals surface area (Å²) in [5, 5.41) is 17.4. The molecule has 1 aliphatic heterocycles. The average Bonchev–Trinajstić information content (AvgIpc) is 2.87. The van der Waals surface area contributed by atoms with Crippen LogP contribution in [0.5, 0.6) is 0 Å². The summed E-state index contributed by atoms with van der Waals surface area (Å²) in [5.74, 6) is 0.0120. The Morgan fingerprint density at radius 2 is 2.41 bits per heavy atom. The molecule has 1 unspecified atom stereocenters. The molecule has 5 heteroatoms. The molecule has 1 aliphatic rings. The summed E-state index contributed by atoms with van der Waals surface area (Å²) < 4.78 is 0. The number of aliphatic hydroxyl groups is 1. The van der Waals surface area contributed by atoms with Crippen molar-refractivity contribution in [2.45, 2.75) is 19.1 Å². The van der Waals surface area contributed by atoms with Gasteiger partial charge in [0.05, 0.1) is 24.2 Å². The summed E-state index contributed by atoms with van der Waals surface area (Å²) in [6, 6.07) is 5.87. The second-order valence-electron chi connectivity index (χ2n) is 4.38. The van der Waals surface area contributed by atoms with E-state index in [1.54, 1.807) is 11.1 Å². The van der Waals surface area contributed by atoms with Crippen molar-refractivity contribution in [3.8, 4) is 0 Å². The van der Waals surface area contributed by atoms with Crippen molar-refractivity contribution in [3.63, 3.8) is 0 Å². The maximum atomic E-state index is 11.6. The normalized spacial score (nSPS) is 20.4. The summed E-state index contributed by atoms with van der Waals surface area (Å²) in [4.78, 5) is 13.3. The summed E-state index contributed by atoms with van der Waals surface area (Å²) in [7, 11) is 0. The molecule has 17 heavy (non-hydrogen) atoms. The van der Waals surface area contributed by atoms with Gasteiger partial charge in [-0.2, -0.15) is 5.10 Å². The lowest BCUT2D eigenvalue weighted by atomic mass is 10.1. The van der Waals surface area contributed by atoms with Crippen LogP contribution in [0.1, 0.15) is 12.0 Å². The molecule has 0 aliphatic carbocycles. The van der Waals surface area contributed by atoms with E-state index in [1.165, 1.54) is 0 Å². The van der Waals surface area contributed by atoms with Crippen molar-refractivity contribution in [3.05, 3.63) is 30.0 Å². The van der Waals surface area contributed by atoms with Gasteiger partial charge in [-0.1, -0.05) is 12.1 Å². The largest absolute Gasteiger partial charge is 0.391 e. The number of aromatic amines is 1. The van der Waals surface area contributed by atoms with E-state index in [-0.39, 0.29) is 12.3 Å². The monoisotopic (exact) mass is 231 g/mol. The van der Waals surface area contributed by atoms with Crippen molar-refractivity contribution < 1.29 is 9.90 Å². The minimum atomic E-state index is -0.522. The molecule has 88 valence electrons. The average molecular weight is 231 g/mol. The molecule has 0 radical (unpaired) electrons. The molecule has 1 atom stereocenters. The number of likely N-dealkylation sites (tertiary alicyclic amines) is 1. The van der Waals surface area contributed by atoms with Crippen LogP contribution in [0.3, 0.4) is 0 Å². The van der Waals surface area contributed by atoms with E-state index in [0.29, 0.717) is 13.1 Å². The predicted molar refractivity (Wildman–Crippen MR) is 62.1 cm³/mol. The number of amides is 1. The molecule has 0 spiro atoms. The van der Waals surface area contributed by atoms with E-state index in [1.807, 2.05) is 18.2 Å². The summed E-state index contributed by atoms with van der Waals surface area (Å²) in [6.45, 7) is 0.958. The number of carbonyl (C=O) groups excluding carboxylic acids is 1. The van der Waals surface area contributed by atoms with Crippen LogP contribution in [-0.2, 0) is 11.3 Å². The van der Waals surface area contributed by atoms with E-state index in [2.05, 4.69) is 10.2 Å². The molecule has 2 heterocycles. The van der Waals surface area contributed by atoms with Crippen LogP contribution in [-0.4, -0.2) is 38.8 Å². The lowest BCUT2D eigenvalue weighted by Crippen LogP contribution is -2.25. The van der Waals surface area contributed by atoms with Gasteiger partial charge in [-0.05, 0) is 11.6 Å². The molecule has 3 rings (SSSR count). The Morgan fingerprint density at radius 3 is 3.18 bits per heavy atom. The minimum Gasteiger partial charge on any atom is -0.391 e. The van der Waals surface area contributed by atoms with E-state index < -0.39 is 6.10 Å². The molecule has 1 aromatic heterocycles. The lowest BCUT2D eigenvalue weighted by molar-refractivity contribution is -0.128. The van der Waals surface area contributed by atoms with Crippen LogP contribution >= 0.6 is 0 Å². The SMILES string of the molecule is O=C1CC(O)CN1Cc1cccc2[nH]ncc12. The van der Waals surface area contributed by atoms with Gasteiger partial charge in [-0.15, -0.1) is 0 Å². The molecule has 0 bridgehead atoms. The van der Waals surface area contributed by atoms with Crippen LogP contribution in [0.4, 0.5) is 0 Å². The third-order valence-corrected chi connectivity index (χ3v) is 3.13. The zero-order valence-electron chi connectivity index (χ0n) is 9.26. The van der Waals surface area contributed by atoms with E-state index in [4.69, 9.17) is 0 Å². The van der Waals surface area contributed by atoms with E-state index in [9.17, 15) is 9.90 Å². The number of carbonyl (C=O) groups is 1. The molecular weight excluding hydrogens is 218 g/mol. The molecule has 1 amide bonds. The van der Waals surface area contributed by atoms with Gasteiger partial charge in [0.25, 0.3) is 0 Å². The molecule has 0 saturated carbocycles. The first-order chi connectivity index (χ1) is 8.24. The fourth-order valence-corrected chi connectivity index (χ4v) is 2.28. The van der Waals surface area contributed by atoms with Crippen molar-refractivity contribution >= 4 is 16.8 Å². The number of hydrogen-bond acceptors (Lipinski definition) is 3. The fraction of sp³-hybridized carbons (Fsp3) is 0.333. The molecule has 1 saturated heterocycles. The first-order valence-corrected chi connectivity index (χ1v) is 5.61. The number of benzene rings is 1. The molecule has 2 aromatic rings. The number of nitrogens with one attached hydrogen (secondary N) is 1. The number of rotatable bonds is 2. The van der Waals surface area contributed by atoms with Crippen molar-refractivity contribution in [2.75, 3.05) is 6.54 Å². The van der Waals surface area contributed by atoms with Crippen LogP contribution in [0.2, 0.25) is 0 Å². The number of aliphatic hydroxyl groups excluding tert-OH is 1. The van der Waals surface area contributed by atoms with Crippen molar-refractivity contribution in [1.82, 2.24) is 15.1 Å². The minimum absolute atomic E-state index is 0.0120. The maximum Gasteiger partial charge on any atom is 0.225 e. The third kappa shape index (κ3) is 1.78. The highest BCUT2D eigenvalue weighted by atomic mass is 16.3. The smallest absolute Gasteiger partial charge is 0.225 e. The van der Waals surface area contributed by atoms with Gasteiger partial charge in [-0.3, -0.25) is 9.89 Å². The Morgan fingerprint density at radius 1 is 1.53 bits per heavy atom. The second-order valence-corrected chi connectivity index (χ2v) is 4.38. The number of fused-ring (bicyclic) bond motifs is 1. The van der Waals surface area contributed by atoms with Crippen molar-refractivity contribution in [1.29, 1.82) is 0 Å². The highest BCUT2D eigenvalue weighted by Crippen LogP contribution is 2.20. The van der Waals surface area contributed by atoms with Crippen LogP contribution < -0.4 is 0 Å². The number of nitrogens with zero attached hydrogens (tertiary/aromatic N) is 2. The van der Waals surface area contributed by atoms with Crippen molar-refractivity contribution in [2.24, 2.45) is 0 Å². The topological polar surface area (TPSA) is 69.2 Å². The Hall–Kier alpha value is -1.88. The van der Waals surface area contributed by atoms with E-state index in [0.717, 1.165) is 16.5 Å². The summed E-state index contributed by atoms with van der Waals surface area (Å²) in [5.41, 5.74) is 2.02. The Kier molecular flexibility index (Phi) is 2.33. The molecule has 1 aromatic carbocycles. The molecule has 5 nitrogen and oxygen atoms in total. The van der Waals surface area contributed by atoms with Crippen LogP contribution in [0.15, 0.2) is 24.4 Å². The van der Waals surface area contributed by atoms with Gasteiger partial charge < -0.3 is 10.0 Å². The van der Waals surface area contributed by atoms with Gasteiger partial charge in [0.1, 0.15) is 0 Å². The van der Waals surface area contributed by atoms with Crippen LogP contribution in [0, 0.1) is 0 Å². The first-order valence-electron chi connectivity index (χ1n) is 5.61. The van der Waals surface area contributed by atoms with Gasteiger partial charge in [0, 0.05) is 18.5 Å². The quantitative estimate of drug-likeness (QED) is 0.797. The molecule has 1 fully saturated rings. The third-order valence-electron chi connectivity index (χ3n) is 3.13. The fourth-order valence-electron chi connectivity index (χ4n) is 2.28. The number of aromatic nitrogens is 2. The number of β-amino-alcohol motifs (C(OH)–C–C–N with tert-alkyl or cyclic N) is 1. The maximum absolute atomic E-state index is 11.6. The highest BCUT2D eigenvalue weighted by Gasteiger charge is 2.28. The van der Waals surface area contributed by atoms with Gasteiger partial charge in [-0.25, -0.2) is 0 Å². The number of hydrogen-bond donors (Lipinski definition) is 2. The number of H-pyrrole nitrogens is 1. The molecule has 2 N–H and O–H groups in total. The van der Waals surface area contributed by atoms with E-state index >= 15 is 0 Å². The van der Waals surface area contributed by atoms with Gasteiger partial charge >= 0.3 is 0 Å². The Labute approximate surface area is 98.0 Å². The van der Waals surface area contributed by atoms with Gasteiger partial charge in [0.2, 0.25) is 5.91 Å². The molecular formula is C12H13N3O2. The van der Waals surface area contributed by atoms with Crippen LogP contribution in [0.25, 0.3) is 10.9 Å². The lowest BCUT2D eigenvalue weighted by Gasteiger charge is -2.16. The highest BCUT2D eigenvalue weighted by molar-refractivity contribution is 5.83.